The first-order chi connectivity index (χ1) is 20.7. The zero-order valence-electron chi connectivity index (χ0n) is 23.4. The predicted octanol–water partition coefficient (Wildman–Crippen LogP) is 4.46. The van der Waals surface area contributed by atoms with Gasteiger partial charge < -0.3 is 25.2 Å². The number of benzene rings is 3. The maximum Gasteiger partial charge on any atom is 0.319 e. The van der Waals surface area contributed by atoms with Gasteiger partial charge in [0.15, 0.2) is 5.82 Å². The molecule has 0 amide bonds. The molecule has 1 saturated carbocycles. The second kappa shape index (κ2) is 9.67. The molecule has 0 spiro atoms. The van der Waals surface area contributed by atoms with E-state index < -0.39 is 17.3 Å². The number of phenolic OH excluding ortho intramolecular Hbond substituents is 1. The van der Waals surface area contributed by atoms with Crippen LogP contribution in [0.25, 0.3) is 32.8 Å². The highest BCUT2D eigenvalue weighted by Gasteiger charge is 2.57. The average Bonchev–Trinajstić information content (AvgIpc) is 3.62. The van der Waals surface area contributed by atoms with Gasteiger partial charge in [0.2, 0.25) is 0 Å². The summed E-state index contributed by atoms with van der Waals surface area (Å²) in [5.41, 5.74) is 0.000915. The number of anilines is 1. The summed E-state index contributed by atoms with van der Waals surface area (Å²) in [7, 11) is 0. The molecular weight excluding hydrogens is 559 g/mol. The number of alkyl halides is 2. The van der Waals surface area contributed by atoms with E-state index in [2.05, 4.69) is 10.3 Å². The smallest absolute Gasteiger partial charge is 0.319 e. The Hall–Kier alpha value is -3.67. The molecule has 4 atom stereocenters. The summed E-state index contributed by atoms with van der Waals surface area (Å²) in [5.74, 6) is -2.92. The highest BCUT2D eigenvalue weighted by Crippen LogP contribution is 2.47. The van der Waals surface area contributed by atoms with Crippen molar-refractivity contribution in [2.75, 3.05) is 37.7 Å². The third kappa shape index (κ3) is 4.39. The molecular formula is C32H32F3N5O3. The molecule has 4 fully saturated rings. The third-order valence-electron chi connectivity index (χ3n) is 9.70. The van der Waals surface area contributed by atoms with Gasteiger partial charge in [0.25, 0.3) is 5.92 Å². The van der Waals surface area contributed by atoms with Crippen LogP contribution in [0.4, 0.5) is 19.0 Å². The van der Waals surface area contributed by atoms with Crippen molar-refractivity contribution in [1.82, 2.24) is 20.2 Å². The largest absolute Gasteiger partial charge is 0.508 e. The summed E-state index contributed by atoms with van der Waals surface area (Å²) in [4.78, 5) is 13.1. The predicted molar refractivity (Wildman–Crippen MR) is 156 cm³/mol. The summed E-state index contributed by atoms with van der Waals surface area (Å²) in [6, 6.07) is 14.0. The number of aliphatic hydroxyl groups excluding tert-OH is 1. The standard InChI is InChI=1S/C32H32F3N5O3/c33-27-22(24-11-20(42)10-18-4-1-2-5-21(18)24)6-7-23-28(27)37-30(38-29(23)40-19(14-41)13-36-25-12-26(25)40)43-17-31-8-3-9-39(31)16-32(34,35)15-31/h1-2,4-7,10-11,19,25-26,36,41-42H,3,8-9,12-17H2/t19?,25?,26-,31?/m0/s1. The molecule has 4 aromatic rings. The van der Waals surface area contributed by atoms with E-state index in [1.807, 2.05) is 29.2 Å². The number of fused-ring (bicyclic) bond motifs is 4. The summed E-state index contributed by atoms with van der Waals surface area (Å²) >= 11 is 0. The first kappa shape index (κ1) is 26.9. The summed E-state index contributed by atoms with van der Waals surface area (Å²) in [6.45, 7) is 0.686. The van der Waals surface area contributed by atoms with Gasteiger partial charge in [0.1, 0.15) is 23.7 Å². The molecule has 43 heavy (non-hydrogen) atoms. The van der Waals surface area contributed by atoms with Gasteiger partial charge in [-0.3, -0.25) is 4.90 Å². The zero-order valence-corrected chi connectivity index (χ0v) is 23.4. The lowest BCUT2D eigenvalue weighted by atomic mass is 9.94. The summed E-state index contributed by atoms with van der Waals surface area (Å²) in [5, 5.41) is 26.1. The van der Waals surface area contributed by atoms with Crippen LogP contribution in [0.1, 0.15) is 25.7 Å². The van der Waals surface area contributed by atoms with Crippen LogP contribution in [0.2, 0.25) is 0 Å². The lowest BCUT2D eigenvalue weighted by molar-refractivity contribution is 0.00803. The van der Waals surface area contributed by atoms with E-state index in [4.69, 9.17) is 9.72 Å². The first-order valence-electron chi connectivity index (χ1n) is 14.9. The number of piperazine rings is 1. The molecule has 1 aliphatic carbocycles. The number of nitrogens with zero attached hydrogens (tertiary/aromatic N) is 4. The molecule has 0 radical (unpaired) electrons. The normalized spacial score (nSPS) is 27.9. The zero-order chi connectivity index (χ0) is 29.5. The molecule has 3 saturated heterocycles. The molecule has 3 aliphatic heterocycles. The Balaban J connectivity index is 1.26. The SMILES string of the molecule is OCC1CNC2C[C@@H]2N1c1nc(OCC23CCCN2CC(F)(F)C3)nc2c(F)c(-c3cc(O)cc4ccccc34)ccc12. The Morgan fingerprint density at radius 2 is 1.93 bits per heavy atom. The van der Waals surface area contributed by atoms with Crippen molar-refractivity contribution < 1.29 is 28.1 Å². The van der Waals surface area contributed by atoms with Gasteiger partial charge in [0, 0.05) is 36.0 Å². The number of aliphatic hydroxyl groups is 1. The van der Waals surface area contributed by atoms with Crippen molar-refractivity contribution in [2.24, 2.45) is 0 Å². The molecule has 0 bridgehead atoms. The third-order valence-corrected chi connectivity index (χ3v) is 9.70. The lowest BCUT2D eigenvalue weighted by Gasteiger charge is -2.36. The average molecular weight is 592 g/mol. The van der Waals surface area contributed by atoms with Gasteiger partial charge in [-0.05, 0) is 60.3 Å². The fourth-order valence-electron chi connectivity index (χ4n) is 7.63. The number of aromatic hydroxyl groups is 1. The molecule has 1 aromatic heterocycles. The molecule has 4 heterocycles. The van der Waals surface area contributed by atoms with E-state index >= 15 is 4.39 Å². The van der Waals surface area contributed by atoms with Crippen LogP contribution in [0.5, 0.6) is 11.8 Å². The van der Waals surface area contributed by atoms with E-state index in [9.17, 15) is 19.0 Å². The Morgan fingerprint density at radius 1 is 1.07 bits per heavy atom. The van der Waals surface area contributed by atoms with Gasteiger partial charge in [0.05, 0.1) is 24.7 Å². The second-order valence-corrected chi connectivity index (χ2v) is 12.5. The summed E-state index contributed by atoms with van der Waals surface area (Å²) < 4.78 is 51.7. The molecule has 3 unspecified atom stereocenters. The highest BCUT2D eigenvalue weighted by atomic mass is 19.3. The van der Waals surface area contributed by atoms with Crippen LogP contribution < -0.4 is 15.0 Å². The molecule has 224 valence electrons. The van der Waals surface area contributed by atoms with E-state index in [0.717, 1.165) is 23.6 Å². The van der Waals surface area contributed by atoms with Gasteiger partial charge in [-0.1, -0.05) is 30.3 Å². The Labute approximate surface area is 246 Å². The van der Waals surface area contributed by atoms with Gasteiger partial charge >= 0.3 is 6.01 Å². The van der Waals surface area contributed by atoms with Crippen molar-refractivity contribution in [3.63, 3.8) is 0 Å². The number of nitrogens with one attached hydrogen (secondary N) is 1. The van der Waals surface area contributed by atoms with Crippen LogP contribution in [-0.2, 0) is 0 Å². The number of rotatable bonds is 6. The molecule has 8 rings (SSSR count). The quantitative estimate of drug-likeness (QED) is 0.303. The first-order valence-corrected chi connectivity index (χ1v) is 14.9. The van der Waals surface area contributed by atoms with E-state index in [0.29, 0.717) is 36.3 Å². The van der Waals surface area contributed by atoms with Crippen molar-refractivity contribution in [3.05, 3.63) is 54.3 Å². The monoisotopic (exact) mass is 591 g/mol. The van der Waals surface area contributed by atoms with Crippen molar-refractivity contribution in [1.29, 1.82) is 0 Å². The number of ether oxygens (including phenoxy) is 1. The van der Waals surface area contributed by atoms with E-state index in [1.54, 1.807) is 23.1 Å². The Morgan fingerprint density at radius 3 is 2.79 bits per heavy atom. The fraction of sp³-hybridized carbons (Fsp3) is 0.438. The maximum atomic E-state index is 16.7. The maximum absolute atomic E-state index is 16.7. The van der Waals surface area contributed by atoms with Crippen LogP contribution in [-0.4, -0.2) is 87.5 Å². The Bertz CT molecular complexity index is 1750. The minimum Gasteiger partial charge on any atom is -0.508 e. The molecule has 3 N–H and O–H groups in total. The molecule has 8 nitrogen and oxygen atoms in total. The van der Waals surface area contributed by atoms with E-state index in [1.165, 1.54) is 6.07 Å². The number of hydrogen-bond acceptors (Lipinski definition) is 8. The second-order valence-electron chi connectivity index (χ2n) is 12.5. The minimum absolute atomic E-state index is 0.0146. The highest BCUT2D eigenvalue weighted by molar-refractivity contribution is 6.01. The van der Waals surface area contributed by atoms with Crippen LogP contribution >= 0.6 is 0 Å². The van der Waals surface area contributed by atoms with Crippen molar-refractivity contribution in [3.8, 4) is 22.9 Å². The van der Waals surface area contributed by atoms with Crippen LogP contribution in [0.3, 0.4) is 0 Å². The minimum atomic E-state index is -2.79. The molecule has 3 aromatic carbocycles. The van der Waals surface area contributed by atoms with Crippen molar-refractivity contribution >= 4 is 27.5 Å². The van der Waals surface area contributed by atoms with Gasteiger partial charge in [-0.15, -0.1) is 0 Å². The number of aromatic nitrogens is 2. The van der Waals surface area contributed by atoms with E-state index in [-0.39, 0.29) is 67.1 Å². The topological polar surface area (TPSA) is 94.0 Å². The molecule has 4 aliphatic rings. The van der Waals surface area contributed by atoms with Gasteiger partial charge in [-0.25, -0.2) is 13.2 Å². The van der Waals surface area contributed by atoms with Gasteiger partial charge in [-0.2, -0.15) is 9.97 Å². The van der Waals surface area contributed by atoms with Crippen LogP contribution in [0, 0.1) is 5.82 Å². The summed E-state index contributed by atoms with van der Waals surface area (Å²) in [6.07, 6.45) is 1.96. The Kier molecular flexibility index (Phi) is 6.05. The molecule has 11 heteroatoms. The fourth-order valence-corrected chi connectivity index (χ4v) is 7.63. The number of hydrogen-bond donors (Lipinski definition) is 3. The van der Waals surface area contributed by atoms with Crippen LogP contribution in [0.15, 0.2) is 48.5 Å². The number of halogens is 3. The number of phenols is 1. The lowest BCUT2D eigenvalue weighted by Crippen LogP contribution is -2.53. The van der Waals surface area contributed by atoms with Crippen molar-refractivity contribution in [2.45, 2.75) is 55.3 Å².